The zero-order chi connectivity index (χ0) is 12.8. The Bertz CT molecular complexity index is 464. The molecule has 18 heavy (non-hydrogen) atoms. The van der Waals surface area contributed by atoms with Crippen LogP contribution in [0, 0.1) is 0 Å². The minimum atomic E-state index is 0.324. The Hall–Kier alpha value is -1.80. The van der Waals surface area contributed by atoms with Crippen LogP contribution in [0.2, 0.25) is 0 Å². The molecule has 94 valence electrons. The lowest BCUT2D eigenvalue weighted by molar-refractivity contribution is 0.271. The van der Waals surface area contributed by atoms with E-state index in [0.717, 1.165) is 19.6 Å². The van der Waals surface area contributed by atoms with Crippen LogP contribution in [0.1, 0.15) is 18.1 Å². The predicted molar refractivity (Wildman–Crippen MR) is 74.3 cm³/mol. The summed E-state index contributed by atoms with van der Waals surface area (Å²) in [5.41, 5.74) is 2.56. The molecular weight excluding hydrogens is 222 g/mol. The second kappa shape index (κ2) is 6.22. The molecule has 0 aromatic heterocycles. The van der Waals surface area contributed by atoms with Gasteiger partial charge in [-0.25, -0.2) is 0 Å². The molecule has 2 aromatic rings. The number of phenolic OH excluding ortho intramolecular Hbond substituents is 1. The van der Waals surface area contributed by atoms with E-state index in [0.29, 0.717) is 5.75 Å². The van der Waals surface area contributed by atoms with Crippen molar-refractivity contribution in [1.29, 1.82) is 0 Å². The quantitative estimate of drug-likeness (QED) is 0.867. The molecule has 2 aromatic carbocycles. The van der Waals surface area contributed by atoms with Crippen molar-refractivity contribution in [1.82, 2.24) is 4.90 Å². The second-order valence-electron chi connectivity index (χ2n) is 4.46. The van der Waals surface area contributed by atoms with E-state index in [-0.39, 0.29) is 0 Å². The minimum Gasteiger partial charge on any atom is -0.508 e. The first-order valence-corrected chi connectivity index (χ1v) is 6.32. The predicted octanol–water partition coefficient (Wildman–Crippen LogP) is 3.41. The van der Waals surface area contributed by atoms with Gasteiger partial charge in [-0.15, -0.1) is 0 Å². The van der Waals surface area contributed by atoms with E-state index in [2.05, 4.69) is 36.1 Å². The van der Waals surface area contributed by atoms with Gasteiger partial charge in [-0.3, -0.25) is 4.90 Å². The van der Waals surface area contributed by atoms with E-state index in [1.807, 2.05) is 18.2 Å². The summed E-state index contributed by atoms with van der Waals surface area (Å²) >= 11 is 0. The van der Waals surface area contributed by atoms with Gasteiger partial charge in [-0.1, -0.05) is 49.4 Å². The summed E-state index contributed by atoms with van der Waals surface area (Å²) in [5.74, 6) is 0.324. The Kier molecular flexibility index (Phi) is 4.37. The van der Waals surface area contributed by atoms with Crippen molar-refractivity contribution in [2.45, 2.75) is 20.0 Å². The molecule has 0 bridgehead atoms. The van der Waals surface area contributed by atoms with Crippen LogP contribution in [0.25, 0.3) is 0 Å². The monoisotopic (exact) mass is 241 g/mol. The number of aromatic hydroxyl groups is 1. The molecule has 0 fully saturated rings. The molecule has 0 saturated carbocycles. The van der Waals surface area contributed by atoms with Gasteiger partial charge in [0.15, 0.2) is 0 Å². The zero-order valence-corrected chi connectivity index (χ0v) is 10.7. The summed E-state index contributed by atoms with van der Waals surface area (Å²) in [6.45, 7) is 5.04. The highest BCUT2D eigenvalue weighted by atomic mass is 16.3. The number of benzene rings is 2. The highest BCUT2D eigenvalue weighted by Crippen LogP contribution is 2.13. The lowest BCUT2D eigenvalue weighted by Gasteiger charge is -2.20. The van der Waals surface area contributed by atoms with Gasteiger partial charge >= 0.3 is 0 Å². The fraction of sp³-hybridized carbons (Fsp3) is 0.250. The number of hydrogen-bond acceptors (Lipinski definition) is 2. The fourth-order valence-corrected chi connectivity index (χ4v) is 1.98. The standard InChI is InChI=1S/C16H19NO/c1-2-17(12-14-6-4-3-5-7-14)13-15-8-10-16(18)11-9-15/h3-11,18H,2,12-13H2,1H3. The Labute approximate surface area is 109 Å². The highest BCUT2D eigenvalue weighted by Gasteiger charge is 2.04. The number of nitrogens with zero attached hydrogens (tertiary/aromatic N) is 1. The van der Waals surface area contributed by atoms with Crippen molar-refractivity contribution in [3.63, 3.8) is 0 Å². The van der Waals surface area contributed by atoms with Crippen molar-refractivity contribution < 1.29 is 5.11 Å². The molecule has 0 spiro atoms. The number of rotatable bonds is 5. The molecule has 0 heterocycles. The Morgan fingerprint density at radius 2 is 1.39 bits per heavy atom. The SMILES string of the molecule is CCN(Cc1ccccc1)Cc1ccc(O)cc1. The van der Waals surface area contributed by atoms with Crippen molar-refractivity contribution in [2.24, 2.45) is 0 Å². The molecule has 0 saturated heterocycles. The summed E-state index contributed by atoms with van der Waals surface area (Å²) in [6.07, 6.45) is 0. The average molecular weight is 241 g/mol. The molecule has 0 unspecified atom stereocenters. The third-order valence-corrected chi connectivity index (χ3v) is 3.04. The van der Waals surface area contributed by atoms with Crippen molar-refractivity contribution in [3.8, 4) is 5.75 Å². The van der Waals surface area contributed by atoms with Crippen LogP contribution in [0.3, 0.4) is 0 Å². The van der Waals surface area contributed by atoms with Gasteiger partial charge in [-0.05, 0) is 29.8 Å². The molecule has 0 amide bonds. The molecule has 0 aliphatic heterocycles. The Morgan fingerprint density at radius 3 is 1.94 bits per heavy atom. The van der Waals surface area contributed by atoms with Gasteiger partial charge in [0.05, 0.1) is 0 Å². The zero-order valence-electron chi connectivity index (χ0n) is 10.7. The normalized spacial score (nSPS) is 10.8. The van der Waals surface area contributed by atoms with Crippen LogP contribution in [0.4, 0.5) is 0 Å². The van der Waals surface area contributed by atoms with Crippen LogP contribution in [0.15, 0.2) is 54.6 Å². The van der Waals surface area contributed by atoms with Crippen LogP contribution in [0.5, 0.6) is 5.75 Å². The second-order valence-corrected chi connectivity index (χ2v) is 4.46. The van der Waals surface area contributed by atoms with Gasteiger partial charge in [0.1, 0.15) is 5.75 Å². The molecular formula is C16H19NO. The summed E-state index contributed by atoms with van der Waals surface area (Å²) in [6, 6.07) is 17.9. The molecule has 2 heteroatoms. The first-order valence-electron chi connectivity index (χ1n) is 6.32. The van der Waals surface area contributed by atoms with E-state index in [9.17, 15) is 5.11 Å². The van der Waals surface area contributed by atoms with Gasteiger partial charge in [0, 0.05) is 13.1 Å². The van der Waals surface area contributed by atoms with Crippen molar-refractivity contribution in [3.05, 3.63) is 65.7 Å². The molecule has 2 rings (SSSR count). The summed E-state index contributed by atoms with van der Waals surface area (Å²) in [4.78, 5) is 2.38. The molecule has 0 aliphatic rings. The molecule has 1 N–H and O–H groups in total. The fourth-order valence-electron chi connectivity index (χ4n) is 1.98. The van der Waals surface area contributed by atoms with Crippen LogP contribution in [-0.2, 0) is 13.1 Å². The number of hydrogen-bond donors (Lipinski definition) is 1. The van der Waals surface area contributed by atoms with Crippen LogP contribution < -0.4 is 0 Å². The molecule has 2 nitrogen and oxygen atoms in total. The van der Waals surface area contributed by atoms with Gasteiger partial charge in [0.25, 0.3) is 0 Å². The molecule has 0 aliphatic carbocycles. The van der Waals surface area contributed by atoms with Crippen LogP contribution in [-0.4, -0.2) is 16.6 Å². The summed E-state index contributed by atoms with van der Waals surface area (Å²) in [5, 5.41) is 9.27. The smallest absolute Gasteiger partial charge is 0.115 e. The highest BCUT2D eigenvalue weighted by molar-refractivity contribution is 5.26. The maximum absolute atomic E-state index is 9.27. The van der Waals surface area contributed by atoms with Gasteiger partial charge in [0.2, 0.25) is 0 Å². The summed E-state index contributed by atoms with van der Waals surface area (Å²) in [7, 11) is 0. The lowest BCUT2D eigenvalue weighted by Crippen LogP contribution is -2.22. The number of phenols is 1. The third-order valence-electron chi connectivity index (χ3n) is 3.04. The summed E-state index contributed by atoms with van der Waals surface area (Å²) < 4.78 is 0. The maximum atomic E-state index is 9.27. The maximum Gasteiger partial charge on any atom is 0.115 e. The molecule has 0 radical (unpaired) electrons. The van der Waals surface area contributed by atoms with Gasteiger partial charge < -0.3 is 5.11 Å². The first-order chi connectivity index (χ1) is 8.78. The average Bonchev–Trinajstić information content (AvgIpc) is 2.41. The van der Waals surface area contributed by atoms with E-state index in [1.54, 1.807) is 12.1 Å². The third kappa shape index (κ3) is 3.60. The first kappa shape index (κ1) is 12.7. The van der Waals surface area contributed by atoms with E-state index < -0.39 is 0 Å². The Balaban J connectivity index is 1.99. The van der Waals surface area contributed by atoms with E-state index >= 15 is 0 Å². The van der Waals surface area contributed by atoms with E-state index in [1.165, 1.54) is 11.1 Å². The minimum absolute atomic E-state index is 0.324. The Morgan fingerprint density at radius 1 is 0.833 bits per heavy atom. The molecule has 0 atom stereocenters. The van der Waals surface area contributed by atoms with Crippen LogP contribution >= 0.6 is 0 Å². The van der Waals surface area contributed by atoms with E-state index in [4.69, 9.17) is 0 Å². The van der Waals surface area contributed by atoms with Crippen molar-refractivity contribution in [2.75, 3.05) is 6.54 Å². The largest absolute Gasteiger partial charge is 0.508 e. The topological polar surface area (TPSA) is 23.5 Å². The van der Waals surface area contributed by atoms with Gasteiger partial charge in [-0.2, -0.15) is 0 Å². The van der Waals surface area contributed by atoms with Crippen molar-refractivity contribution >= 4 is 0 Å². The lowest BCUT2D eigenvalue weighted by atomic mass is 10.1.